The number of halogens is 1. The van der Waals surface area contributed by atoms with Gasteiger partial charge < -0.3 is 9.84 Å². The van der Waals surface area contributed by atoms with Gasteiger partial charge in [-0.25, -0.2) is 10.9 Å². The van der Waals surface area contributed by atoms with Crippen LogP contribution in [0.5, 0.6) is 5.75 Å². The first kappa shape index (κ1) is 18.4. The molecule has 0 saturated carbocycles. The van der Waals surface area contributed by atoms with Gasteiger partial charge in [0, 0.05) is 16.4 Å². The predicted octanol–water partition coefficient (Wildman–Crippen LogP) is 2.98. The number of hydrogen-bond acceptors (Lipinski definition) is 5. The van der Waals surface area contributed by atoms with Gasteiger partial charge in [0.05, 0.1) is 25.2 Å². The maximum Gasteiger partial charge on any atom is 0.307 e. The molecule has 4 N–H and O–H groups in total. The van der Waals surface area contributed by atoms with E-state index < -0.39 is 11.9 Å². The number of hydrogen-bond donors (Lipinski definition) is 4. The van der Waals surface area contributed by atoms with Crippen LogP contribution >= 0.6 is 15.9 Å². The summed E-state index contributed by atoms with van der Waals surface area (Å²) in [6.45, 7) is 0. The smallest absolute Gasteiger partial charge is 0.307 e. The summed E-state index contributed by atoms with van der Waals surface area (Å²) in [6.07, 6.45) is 0.393. The number of nitrogens with one attached hydrogen (secondary N) is 3. The minimum Gasteiger partial charge on any atom is -0.497 e. The van der Waals surface area contributed by atoms with E-state index in [4.69, 9.17) is 4.74 Å². The zero-order valence-electron chi connectivity index (χ0n) is 14.9. The van der Waals surface area contributed by atoms with Crippen LogP contribution in [0.2, 0.25) is 0 Å². The zero-order chi connectivity index (χ0) is 19.0. The molecule has 4 rings (SSSR count). The van der Waals surface area contributed by atoms with Gasteiger partial charge in [0.25, 0.3) is 0 Å². The third-order valence-electron chi connectivity index (χ3n) is 5.54. The molecule has 2 heterocycles. The third-order valence-corrected chi connectivity index (χ3v) is 6.07. The summed E-state index contributed by atoms with van der Waals surface area (Å²) in [5, 5.41) is 13.5. The normalized spacial score (nSPS) is 29.9. The molecule has 2 saturated heterocycles. The fourth-order valence-electron chi connectivity index (χ4n) is 4.21. The first-order chi connectivity index (χ1) is 13.1. The highest BCUT2D eigenvalue weighted by molar-refractivity contribution is 9.10. The molecule has 0 radical (unpaired) electrons. The van der Waals surface area contributed by atoms with Gasteiger partial charge in [-0.3, -0.25) is 10.1 Å². The fraction of sp³-hybridized carbons (Fsp3) is 0.350. The number of carboxylic acid groups (broad SMARTS) is 1. The van der Waals surface area contributed by atoms with Crippen LogP contribution in [0, 0.1) is 11.8 Å². The van der Waals surface area contributed by atoms with Crippen LogP contribution in [0.4, 0.5) is 0 Å². The van der Waals surface area contributed by atoms with Gasteiger partial charge >= 0.3 is 5.97 Å². The molecule has 5 unspecified atom stereocenters. The van der Waals surface area contributed by atoms with E-state index in [0.29, 0.717) is 6.42 Å². The number of benzene rings is 2. The van der Waals surface area contributed by atoms with Crippen LogP contribution in [-0.2, 0) is 4.79 Å². The third kappa shape index (κ3) is 3.60. The molecule has 5 atom stereocenters. The maximum absolute atomic E-state index is 12.1. The lowest BCUT2D eigenvalue weighted by Gasteiger charge is -2.39. The number of methoxy groups -OCH3 is 1. The summed E-state index contributed by atoms with van der Waals surface area (Å²) in [5.74, 6) is -0.547. The molecule has 2 aromatic rings. The molecule has 6 nitrogen and oxygen atoms in total. The Balaban J connectivity index is 1.61. The molecular weight excluding hydrogens is 410 g/mol. The second-order valence-electron chi connectivity index (χ2n) is 7.05. The number of rotatable bonds is 4. The van der Waals surface area contributed by atoms with Crippen molar-refractivity contribution in [1.29, 1.82) is 0 Å². The Morgan fingerprint density at radius 1 is 1.15 bits per heavy atom. The minimum atomic E-state index is -0.757. The van der Waals surface area contributed by atoms with Crippen molar-refractivity contribution in [3.63, 3.8) is 0 Å². The Hall–Kier alpha value is -1.93. The number of hydrazine groups is 1. The lowest BCUT2D eigenvalue weighted by molar-refractivity contribution is -0.146. The Morgan fingerprint density at radius 2 is 1.93 bits per heavy atom. The van der Waals surface area contributed by atoms with Crippen molar-refractivity contribution in [3.05, 3.63) is 64.1 Å². The van der Waals surface area contributed by atoms with Gasteiger partial charge in [0.2, 0.25) is 0 Å². The highest BCUT2D eigenvalue weighted by Crippen LogP contribution is 2.42. The first-order valence-electron chi connectivity index (χ1n) is 8.96. The first-order valence-corrected chi connectivity index (χ1v) is 9.75. The molecule has 0 aliphatic carbocycles. The monoisotopic (exact) mass is 431 g/mol. The molecule has 2 fully saturated rings. The lowest BCUT2D eigenvalue weighted by atomic mass is 9.75. The standard InChI is InChI=1S/C20H22BrN3O3/c1-27-14-4-2-3-12(9-14)16-10-15(20(25)26)17-18(23-24-19(17)22-16)11-5-7-13(21)8-6-11/h2-9,15-19,22-24H,10H2,1H3,(H,25,26). The van der Waals surface area contributed by atoms with Gasteiger partial charge in [0.1, 0.15) is 5.75 Å². The molecule has 0 spiro atoms. The van der Waals surface area contributed by atoms with Gasteiger partial charge in [-0.2, -0.15) is 0 Å². The molecule has 2 aliphatic heterocycles. The van der Waals surface area contributed by atoms with E-state index in [-0.39, 0.29) is 24.2 Å². The maximum atomic E-state index is 12.1. The second-order valence-corrected chi connectivity index (χ2v) is 7.96. The minimum absolute atomic E-state index is 0.0552. The van der Waals surface area contributed by atoms with E-state index in [1.54, 1.807) is 7.11 Å². The van der Waals surface area contributed by atoms with E-state index >= 15 is 0 Å². The van der Waals surface area contributed by atoms with E-state index in [2.05, 4.69) is 32.1 Å². The van der Waals surface area contributed by atoms with E-state index in [9.17, 15) is 9.90 Å². The Kier molecular flexibility index (Phi) is 5.19. The van der Waals surface area contributed by atoms with Crippen molar-refractivity contribution in [2.45, 2.75) is 24.7 Å². The van der Waals surface area contributed by atoms with Crippen LogP contribution in [0.1, 0.15) is 29.6 Å². The van der Waals surface area contributed by atoms with Gasteiger partial charge in [-0.15, -0.1) is 0 Å². The fourth-order valence-corrected chi connectivity index (χ4v) is 4.47. The van der Waals surface area contributed by atoms with Crippen molar-refractivity contribution in [2.24, 2.45) is 11.8 Å². The molecule has 0 bridgehead atoms. The van der Waals surface area contributed by atoms with Crippen LogP contribution in [0.3, 0.4) is 0 Å². The summed E-state index contributed by atoms with van der Waals surface area (Å²) in [7, 11) is 1.63. The molecule has 0 amide bonds. The summed E-state index contributed by atoms with van der Waals surface area (Å²) >= 11 is 3.45. The zero-order valence-corrected chi connectivity index (χ0v) is 16.4. The lowest BCUT2D eigenvalue weighted by Crippen LogP contribution is -2.53. The number of carbonyl (C=O) groups is 1. The molecule has 27 heavy (non-hydrogen) atoms. The van der Waals surface area contributed by atoms with Crippen molar-refractivity contribution < 1.29 is 14.6 Å². The molecule has 142 valence electrons. The molecule has 2 aliphatic rings. The topological polar surface area (TPSA) is 82.6 Å². The van der Waals surface area contributed by atoms with E-state index in [1.165, 1.54) is 0 Å². The van der Waals surface area contributed by atoms with E-state index in [0.717, 1.165) is 21.3 Å². The number of ether oxygens (including phenoxy) is 1. The second kappa shape index (κ2) is 7.59. The van der Waals surface area contributed by atoms with Crippen molar-refractivity contribution in [3.8, 4) is 5.75 Å². The van der Waals surface area contributed by atoms with Gasteiger partial charge in [0.15, 0.2) is 0 Å². The quantitative estimate of drug-likeness (QED) is 0.595. The summed E-state index contributed by atoms with van der Waals surface area (Å²) in [5.41, 5.74) is 8.68. The van der Waals surface area contributed by atoms with Crippen LogP contribution in [0.25, 0.3) is 0 Å². The summed E-state index contributed by atoms with van der Waals surface area (Å²) < 4.78 is 6.32. The Morgan fingerprint density at radius 3 is 2.63 bits per heavy atom. The van der Waals surface area contributed by atoms with Gasteiger partial charge in [-0.1, -0.05) is 40.2 Å². The Labute approximate surface area is 166 Å². The van der Waals surface area contributed by atoms with Gasteiger partial charge in [-0.05, 0) is 41.8 Å². The number of aliphatic carboxylic acids is 1. The number of carboxylic acids is 1. The molecule has 0 aromatic heterocycles. The van der Waals surface area contributed by atoms with Crippen LogP contribution in [0.15, 0.2) is 53.0 Å². The average molecular weight is 432 g/mol. The average Bonchev–Trinajstić information content (AvgIpc) is 3.11. The van der Waals surface area contributed by atoms with Crippen molar-refractivity contribution in [1.82, 2.24) is 16.2 Å². The summed E-state index contributed by atoms with van der Waals surface area (Å²) in [4.78, 5) is 12.1. The van der Waals surface area contributed by atoms with E-state index in [1.807, 2.05) is 48.5 Å². The predicted molar refractivity (Wildman–Crippen MR) is 105 cm³/mol. The highest BCUT2D eigenvalue weighted by atomic mass is 79.9. The highest BCUT2D eigenvalue weighted by Gasteiger charge is 2.49. The van der Waals surface area contributed by atoms with Crippen LogP contribution < -0.4 is 20.9 Å². The van der Waals surface area contributed by atoms with Crippen molar-refractivity contribution in [2.75, 3.05) is 7.11 Å². The molecule has 2 aromatic carbocycles. The Bertz CT molecular complexity index is 829. The number of fused-ring (bicyclic) bond motifs is 1. The number of piperidine rings is 1. The summed E-state index contributed by atoms with van der Waals surface area (Å²) in [6, 6.07) is 15.7. The van der Waals surface area contributed by atoms with Crippen LogP contribution in [-0.4, -0.2) is 24.4 Å². The largest absolute Gasteiger partial charge is 0.497 e. The molecular formula is C20H22BrN3O3. The van der Waals surface area contributed by atoms with Crippen molar-refractivity contribution >= 4 is 21.9 Å². The molecule has 7 heteroatoms. The SMILES string of the molecule is COc1cccc(C2CC(C(=O)O)C3C(NNC3c3ccc(Br)cc3)N2)c1.